The van der Waals surface area contributed by atoms with E-state index in [4.69, 9.17) is 10.2 Å². The van der Waals surface area contributed by atoms with E-state index in [2.05, 4.69) is 19.1 Å². The Bertz CT molecular complexity index is 579. The van der Waals surface area contributed by atoms with Crippen molar-refractivity contribution in [2.45, 2.75) is 19.8 Å². The highest BCUT2D eigenvalue weighted by molar-refractivity contribution is 5.77. The molecule has 0 aliphatic carbocycles. The predicted octanol–water partition coefficient (Wildman–Crippen LogP) is 3.40. The number of carbonyl (C=O) groups is 2. The van der Waals surface area contributed by atoms with Crippen molar-refractivity contribution in [2.75, 3.05) is 0 Å². The van der Waals surface area contributed by atoms with Crippen LogP contribution >= 0.6 is 0 Å². The fourth-order valence-electron chi connectivity index (χ4n) is 1.89. The first-order valence-corrected chi connectivity index (χ1v) is 6.99. The third-order valence-corrected chi connectivity index (χ3v) is 3.04. The van der Waals surface area contributed by atoms with Crippen molar-refractivity contribution in [2.24, 2.45) is 5.92 Å². The molecule has 0 aliphatic rings. The largest absolute Gasteiger partial charge is 0.481 e. The zero-order valence-electron chi connectivity index (χ0n) is 12.5. The molecule has 0 heterocycles. The summed E-state index contributed by atoms with van der Waals surface area (Å²) >= 11 is 0. The zero-order chi connectivity index (χ0) is 16.4. The van der Waals surface area contributed by atoms with Crippen LogP contribution in [0.2, 0.25) is 0 Å². The lowest BCUT2D eigenvalue weighted by atomic mass is 9.96. The number of hydrogen-bond acceptors (Lipinski definition) is 2. The zero-order valence-corrected chi connectivity index (χ0v) is 12.5. The molecule has 2 aromatic carbocycles. The Hall–Kier alpha value is -2.62. The van der Waals surface area contributed by atoms with Crippen molar-refractivity contribution >= 4 is 11.9 Å². The predicted molar refractivity (Wildman–Crippen MR) is 84.7 cm³/mol. The van der Waals surface area contributed by atoms with Crippen LogP contribution in [0.5, 0.6) is 0 Å². The van der Waals surface area contributed by atoms with Gasteiger partial charge in [-0.2, -0.15) is 0 Å². The van der Waals surface area contributed by atoms with Crippen molar-refractivity contribution < 1.29 is 19.8 Å². The molecule has 0 bridgehead atoms. The van der Waals surface area contributed by atoms with Crippen LogP contribution in [0.15, 0.2) is 60.7 Å². The second-order valence-electron chi connectivity index (χ2n) is 4.98. The van der Waals surface area contributed by atoms with E-state index in [0.717, 1.165) is 5.56 Å². The van der Waals surface area contributed by atoms with Crippen LogP contribution in [-0.2, 0) is 16.0 Å². The van der Waals surface area contributed by atoms with Crippen molar-refractivity contribution in [1.29, 1.82) is 0 Å². The highest BCUT2D eigenvalue weighted by Gasteiger charge is 2.20. The standard InChI is InChI=1S/C11H12O4.C7H8/c12-10(13)7-9(11(14)15)6-8-4-2-1-3-5-8;1-7-5-3-2-4-6-7/h1-5,9H,6-7H2,(H,12,13)(H,14,15);2-6H,1H3/t9-;/m1./s1. The summed E-state index contributed by atoms with van der Waals surface area (Å²) in [6, 6.07) is 19.3. The average molecular weight is 300 g/mol. The van der Waals surface area contributed by atoms with Gasteiger partial charge in [0.05, 0.1) is 12.3 Å². The summed E-state index contributed by atoms with van der Waals surface area (Å²) in [6.07, 6.45) is -0.0906. The molecule has 0 radical (unpaired) electrons. The maximum absolute atomic E-state index is 10.8. The molecule has 22 heavy (non-hydrogen) atoms. The summed E-state index contributed by atoms with van der Waals surface area (Å²) in [5, 5.41) is 17.4. The first kappa shape index (κ1) is 17.4. The van der Waals surface area contributed by atoms with Crippen LogP contribution in [0.3, 0.4) is 0 Å². The molecule has 1 atom stereocenters. The van der Waals surface area contributed by atoms with Gasteiger partial charge in [-0.05, 0) is 18.9 Å². The Labute approximate surface area is 130 Å². The highest BCUT2D eigenvalue weighted by Crippen LogP contribution is 2.12. The summed E-state index contributed by atoms with van der Waals surface area (Å²) < 4.78 is 0. The van der Waals surface area contributed by atoms with E-state index < -0.39 is 17.9 Å². The second kappa shape index (κ2) is 9.34. The lowest BCUT2D eigenvalue weighted by molar-refractivity contribution is -0.148. The van der Waals surface area contributed by atoms with Crippen LogP contribution in [0.4, 0.5) is 0 Å². The number of rotatable bonds is 5. The number of carboxylic acids is 2. The molecule has 0 aromatic heterocycles. The van der Waals surface area contributed by atoms with Crippen molar-refractivity contribution in [1.82, 2.24) is 0 Å². The Morgan fingerprint density at radius 2 is 1.41 bits per heavy atom. The van der Waals surface area contributed by atoms with Gasteiger partial charge in [-0.1, -0.05) is 66.2 Å². The summed E-state index contributed by atoms with van der Waals surface area (Å²) in [6.45, 7) is 2.08. The maximum atomic E-state index is 10.8. The summed E-state index contributed by atoms with van der Waals surface area (Å²) in [4.78, 5) is 21.2. The van der Waals surface area contributed by atoms with E-state index in [1.165, 1.54) is 5.56 Å². The maximum Gasteiger partial charge on any atom is 0.307 e. The fourth-order valence-corrected chi connectivity index (χ4v) is 1.89. The van der Waals surface area contributed by atoms with Crippen LogP contribution in [-0.4, -0.2) is 22.2 Å². The molecule has 0 unspecified atom stereocenters. The Kier molecular flexibility index (Phi) is 7.40. The van der Waals surface area contributed by atoms with Crippen LogP contribution in [0, 0.1) is 12.8 Å². The van der Waals surface area contributed by atoms with Crippen molar-refractivity contribution in [3.05, 3.63) is 71.8 Å². The van der Waals surface area contributed by atoms with Gasteiger partial charge in [0.25, 0.3) is 0 Å². The molecule has 0 fully saturated rings. The van der Waals surface area contributed by atoms with Crippen LogP contribution in [0.25, 0.3) is 0 Å². The Morgan fingerprint density at radius 3 is 1.77 bits per heavy atom. The van der Waals surface area contributed by atoms with Gasteiger partial charge in [0.15, 0.2) is 0 Å². The molecule has 4 heteroatoms. The van der Waals surface area contributed by atoms with Gasteiger partial charge in [-0.3, -0.25) is 9.59 Å². The SMILES string of the molecule is Cc1ccccc1.O=C(O)C[C@@H](Cc1ccccc1)C(=O)O. The number of aliphatic carboxylic acids is 2. The molecule has 2 aromatic rings. The second-order valence-corrected chi connectivity index (χ2v) is 4.98. The molecule has 2 rings (SSSR count). The number of aryl methyl sites for hydroxylation is 1. The van der Waals surface area contributed by atoms with E-state index in [9.17, 15) is 9.59 Å². The van der Waals surface area contributed by atoms with Gasteiger partial charge in [0.1, 0.15) is 0 Å². The van der Waals surface area contributed by atoms with E-state index >= 15 is 0 Å². The minimum Gasteiger partial charge on any atom is -0.481 e. The Morgan fingerprint density at radius 1 is 0.909 bits per heavy atom. The molecular formula is C18H20O4. The lowest BCUT2D eigenvalue weighted by Crippen LogP contribution is -2.20. The molecule has 4 nitrogen and oxygen atoms in total. The number of hydrogen-bond donors (Lipinski definition) is 2. The van der Waals surface area contributed by atoms with Crippen LogP contribution in [0.1, 0.15) is 17.5 Å². The first-order valence-electron chi connectivity index (χ1n) is 6.99. The third-order valence-electron chi connectivity index (χ3n) is 3.04. The van der Waals surface area contributed by atoms with Gasteiger partial charge in [0.2, 0.25) is 0 Å². The summed E-state index contributed by atoms with van der Waals surface area (Å²) in [7, 11) is 0. The molecule has 0 spiro atoms. The number of benzene rings is 2. The Balaban J connectivity index is 0.000000287. The van der Waals surface area contributed by atoms with E-state index in [1.807, 2.05) is 24.3 Å². The van der Waals surface area contributed by atoms with Gasteiger partial charge in [-0.15, -0.1) is 0 Å². The van der Waals surface area contributed by atoms with Gasteiger partial charge >= 0.3 is 11.9 Å². The van der Waals surface area contributed by atoms with Gasteiger partial charge in [-0.25, -0.2) is 0 Å². The summed E-state index contributed by atoms with van der Waals surface area (Å²) in [5.74, 6) is -3.01. The van der Waals surface area contributed by atoms with Crippen LogP contribution < -0.4 is 0 Å². The topological polar surface area (TPSA) is 74.6 Å². The highest BCUT2D eigenvalue weighted by atomic mass is 16.4. The molecule has 0 saturated heterocycles. The summed E-state index contributed by atoms with van der Waals surface area (Å²) in [5.41, 5.74) is 2.16. The third kappa shape index (κ3) is 7.24. The molecule has 2 N–H and O–H groups in total. The number of carboxylic acid groups (broad SMARTS) is 2. The smallest absolute Gasteiger partial charge is 0.307 e. The normalized spacial score (nSPS) is 11.0. The average Bonchev–Trinajstić information content (AvgIpc) is 2.48. The molecule has 0 saturated carbocycles. The minimum absolute atomic E-state index is 0.252. The van der Waals surface area contributed by atoms with E-state index in [1.54, 1.807) is 24.3 Å². The molecule has 0 aliphatic heterocycles. The lowest BCUT2D eigenvalue weighted by Gasteiger charge is -2.09. The molecule has 116 valence electrons. The monoisotopic (exact) mass is 300 g/mol. The molecular weight excluding hydrogens is 280 g/mol. The first-order chi connectivity index (χ1) is 10.5. The quantitative estimate of drug-likeness (QED) is 0.887. The minimum atomic E-state index is -1.08. The van der Waals surface area contributed by atoms with E-state index in [-0.39, 0.29) is 12.8 Å². The fraction of sp³-hybridized carbons (Fsp3) is 0.222. The van der Waals surface area contributed by atoms with Gasteiger partial charge < -0.3 is 10.2 Å². The van der Waals surface area contributed by atoms with E-state index in [0.29, 0.717) is 0 Å². The molecule has 0 amide bonds. The van der Waals surface area contributed by atoms with Crippen molar-refractivity contribution in [3.63, 3.8) is 0 Å². The van der Waals surface area contributed by atoms with Crippen molar-refractivity contribution in [3.8, 4) is 0 Å². The van der Waals surface area contributed by atoms with Gasteiger partial charge in [0, 0.05) is 0 Å².